The topological polar surface area (TPSA) is 68.5 Å². The van der Waals surface area contributed by atoms with Crippen LogP contribution in [0.1, 0.15) is 0 Å². The standard InChI is InChI=1S/C11H12IN3O2S/c1-3-4-17-10-8(12)5-7(6-9(10)16-2)14-15-11(13)18/h1,5-6,14H,4H2,2H3,(H3,13,15,18). The van der Waals surface area contributed by atoms with Gasteiger partial charge in [-0.3, -0.25) is 10.9 Å². The summed E-state index contributed by atoms with van der Waals surface area (Å²) in [6.45, 7) is 0.185. The zero-order valence-corrected chi connectivity index (χ0v) is 12.6. The van der Waals surface area contributed by atoms with Crippen molar-refractivity contribution in [3.63, 3.8) is 0 Å². The maximum atomic E-state index is 5.42. The third-order valence-corrected chi connectivity index (χ3v) is 2.76. The van der Waals surface area contributed by atoms with Crippen LogP contribution >= 0.6 is 34.8 Å². The first kappa shape index (κ1) is 14.7. The van der Waals surface area contributed by atoms with Crippen molar-refractivity contribution in [2.24, 2.45) is 5.73 Å². The van der Waals surface area contributed by atoms with Gasteiger partial charge >= 0.3 is 0 Å². The van der Waals surface area contributed by atoms with E-state index in [-0.39, 0.29) is 11.7 Å². The number of terminal acetylenes is 1. The molecule has 0 fully saturated rings. The Morgan fingerprint density at radius 1 is 1.61 bits per heavy atom. The molecule has 18 heavy (non-hydrogen) atoms. The summed E-state index contributed by atoms with van der Waals surface area (Å²) in [5.74, 6) is 3.59. The van der Waals surface area contributed by atoms with Crippen LogP contribution in [0.4, 0.5) is 5.69 Å². The lowest BCUT2D eigenvalue weighted by atomic mass is 10.3. The van der Waals surface area contributed by atoms with E-state index in [1.807, 2.05) is 6.07 Å². The molecular weight excluding hydrogens is 365 g/mol. The van der Waals surface area contributed by atoms with Crippen molar-refractivity contribution in [3.8, 4) is 23.8 Å². The molecule has 0 amide bonds. The van der Waals surface area contributed by atoms with E-state index >= 15 is 0 Å². The number of hydrazine groups is 1. The summed E-state index contributed by atoms with van der Waals surface area (Å²) < 4.78 is 11.5. The highest BCUT2D eigenvalue weighted by molar-refractivity contribution is 14.1. The number of halogens is 1. The number of methoxy groups -OCH3 is 1. The van der Waals surface area contributed by atoms with Crippen molar-refractivity contribution in [3.05, 3.63) is 15.7 Å². The van der Waals surface area contributed by atoms with Gasteiger partial charge in [-0.15, -0.1) is 6.42 Å². The number of rotatable bonds is 5. The molecule has 0 aliphatic rings. The van der Waals surface area contributed by atoms with Gasteiger partial charge in [0.2, 0.25) is 0 Å². The molecule has 0 spiro atoms. The number of thiocarbonyl (C=S) groups is 1. The Bertz CT molecular complexity index is 488. The second-order valence-electron chi connectivity index (χ2n) is 3.10. The van der Waals surface area contributed by atoms with E-state index in [2.05, 4.69) is 39.4 Å². The number of hydrogen-bond donors (Lipinski definition) is 3. The van der Waals surface area contributed by atoms with Gasteiger partial charge < -0.3 is 15.2 Å². The summed E-state index contributed by atoms with van der Waals surface area (Å²) in [5.41, 5.74) is 11.5. The average molecular weight is 377 g/mol. The molecular formula is C11H12IN3O2S. The van der Waals surface area contributed by atoms with Gasteiger partial charge in [0.05, 0.1) is 16.4 Å². The molecule has 0 radical (unpaired) electrons. The van der Waals surface area contributed by atoms with Crippen LogP contribution in [0, 0.1) is 15.9 Å². The van der Waals surface area contributed by atoms with E-state index in [9.17, 15) is 0 Å². The molecule has 0 aliphatic carbocycles. The van der Waals surface area contributed by atoms with Gasteiger partial charge in [0, 0.05) is 6.07 Å². The molecule has 7 heteroatoms. The van der Waals surface area contributed by atoms with Crippen molar-refractivity contribution in [1.29, 1.82) is 0 Å². The van der Waals surface area contributed by atoms with Crippen LogP contribution in [0.25, 0.3) is 0 Å². The fourth-order valence-electron chi connectivity index (χ4n) is 1.18. The zero-order valence-electron chi connectivity index (χ0n) is 9.62. The minimum Gasteiger partial charge on any atom is -0.493 e. The predicted octanol–water partition coefficient (Wildman–Crippen LogP) is 1.47. The van der Waals surface area contributed by atoms with Gasteiger partial charge in [0.15, 0.2) is 16.6 Å². The van der Waals surface area contributed by atoms with Crippen LogP contribution in [0.5, 0.6) is 11.5 Å². The lowest BCUT2D eigenvalue weighted by molar-refractivity contribution is 0.329. The minimum absolute atomic E-state index is 0.150. The SMILES string of the molecule is C#CCOc1c(I)cc(NNC(N)=S)cc1OC. The van der Waals surface area contributed by atoms with Crippen LogP contribution in [-0.4, -0.2) is 18.8 Å². The Morgan fingerprint density at radius 2 is 2.33 bits per heavy atom. The number of hydrogen-bond acceptors (Lipinski definition) is 4. The van der Waals surface area contributed by atoms with Gasteiger partial charge in [-0.25, -0.2) is 0 Å². The van der Waals surface area contributed by atoms with Gasteiger partial charge in [-0.2, -0.15) is 0 Å². The number of anilines is 1. The van der Waals surface area contributed by atoms with Crippen LogP contribution in [0.15, 0.2) is 12.1 Å². The monoisotopic (exact) mass is 377 g/mol. The Kier molecular flexibility index (Phi) is 5.80. The molecule has 1 aromatic rings. The Morgan fingerprint density at radius 3 is 2.89 bits per heavy atom. The molecule has 0 saturated carbocycles. The average Bonchev–Trinajstić information content (AvgIpc) is 2.34. The Hall–Kier alpha value is -1.40. The molecule has 0 unspecified atom stereocenters. The van der Waals surface area contributed by atoms with E-state index in [0.29, 0.717) is 11.5 Å². The molecule has 0 heterocycles. The fraction of sp³-hybridized carbons (Fsp3) is 0.182. The molecule has 0 saturated heterocycles. The molecule has 1 rings (SSSR count). The molecule has 96 valence electrons. The van der Waals surface area contributed by atoms with Gasteiger partial charge in [-0.1, -0.05) is 5.92 Å². The Labute approximate surface area is 125 Å². The van der Waals surface area contributed by atoms with E-state index in [4.69, 9.17) is 33.8 Å². The highest BCUT2D eigenvalue weighted by atomic mass is 127. The van der Waals surface area contributed by atoms with Gasteiger partial charge in [0.25, 0.3) is 0 Å². The first-order valence-electron chi connectivity index (χ1n) is 4.83. The third kappa shape index (κ3) is 4.12. The highest BCUT2D eigenvalue weighted by Crippen LogP contribution is 2.35. The van der Waals surface area contributed by atoms with Gasteiger partial charge in [0.1, 0.15) is 6.61 Å². The first-order chi connectivity index (χ1) is 8.58. The van der Waals surface area contributed by atoms with Crippen molar-refractivity contribution in [2.45, 2.75) is 0 Å². The summed E-state index contributed by atoms with van der Waals surface area (Å²) in [6, 6.07) is 3.60. The molecule has 1 aromatic carbocycles. The normalized spacial score (nSPS) is 9.17. The summed E-state index contributed by atoms with van der Waals surface area (Å²) in [6.07, 6.45) is 5.16. The third-order valence-electron chi connectivity index (χ3n) is 1.86. The van der Waals surface area contributed by atoms with Crippen LogP contribution < -0.4 is 26.1 Å². The smallest absolute Gasteiger partial charge is 0.182 e. The maximum Gasteiger partial charge on any atom is 0.182 e. The number of ether oxygens (including phenoxy) is 2. The van der Waals surface area contributed by atoms with E-state index in [1.165, 1.54) is 0 Å². The Balaban J connectivity index is 2.95. The number of nitrogens with one attached hydrogen (secondary N) is 2. The first-order valence-corrected chi connectivity index (χ1v) is 6.32. The molecule has 4 N–H and O–H groups in total. The lowest BCUT2D eigenvalue weighted by Crippen LogP contribution is -2.33. The lowest BCUT2D eigenvalue weighted by Gasteiger charge is -2.14. The van der Waals surface area contributed by atoms with Crippen molar-refractivity contribution >= 4 is 45.6 Å². The van der Waals surface area contributed by atoms with Crippen molar-refractivity contribution < 1.29 is 9.47 Å². The second kappa shape index (κ2) is 7.13. The molecule has 0 aliphatic heterocycles. The minimum atomic E-state index is 0.150. The van der Waals surface area contributed by atoms with Gasteiger partial charge in [-0.05, 0) is 40.9 Å². The quantitative estimate of drug-likeness (QED) is 0.313. The summed E-state index contributed by atoms with van der Waals surface area (Å²) in [4.78, 5) is 0. The van der Waals surface area contributed by atoms with Crippen LogP contribution in [0.3, 0.4) is 0 Å². The summed E-state index contributed by atoms with van der Waals surface area (Å²) in [7, 11) is 1.55. The molecule has 0 atom stereocenters. The predicted molar refractivity (Wildman–Crippen MR) is 83.6 cm³/mol. The van der Waals surface area contributed by atoms with E-state index in [1.54, 1.807) is 13.2 Å². The molecule has 5 nitrogen and oxygen atoms in total. The molecule has 0 bridgehead atoms. The van der Waals surface area contributed by atoms with Crippen LogP contribution in [0.2, 0.25) is 0 Å². The molecule has 0 aromatic heterocycles. The highest BCUT2D eigenvalue weighted by Gasteiger charge is 2.11. The summed E-state index contributed by atoms with van der Waals surface area (Å²) in [5, 5.41) is 0.150. The van der Waals surface area contributed by atoms with Crippen molar-refractivity contribution in [1.82, 2.24) is 5.43 Å². The number of benzene rings is 1. The number of nitrogens with two attached hydrogens (primary N) is 1. The second-order valence-corrected chi connectivity index (χ2v) is 4.70. The maximum absolute atomic E-state index is 5.42. The van der Waals surface area contributed by atoms with Crippen molar-refractivity contribution in [2.75, 3.05) is 19.1 Å². The fourth-order valence-corrected chi connectivity index (χ4v) is 1.99. The van der Waals surface area contributed by atoms with E-state index in [0.717, 1.165) is 9.26 Å². The zero-order chi connectivity index (χ0) is 13.5. The largest absolute Gasteiger partial charge is 0.493 e. The van der Waals surface area contributed by atoms with Crippen LogP contribution in [-0.2, 0) is 0 Å². The summed E-state index contributed by atoms with van der Waals surface area (Å²) >= 11 is 6.82. The van der Waals surface area contributed by atoms with E-state index < -0.39 is 0 Å².